The van der Waals surface area contributed by atoms with Gasteiger partial charge in [-0.3, -0.25) is 0 Å². The first-order valence-electron chi connectivity index (χ1n) is 7.90. The van der Waals surface area contributed by atoms with E-state index in [4.69, 9.17) is 9.97 Å². The molecule has 3 heteroatoms. The Morgan fingerprint density at radius 1 is 1.05 bits per heavy atom. The standard InChI is InChI=1S/C17H29N3/c1-11(2)9-18-10-12(3)15-13(4)19-16(20-14(15)5)17(6)7-8-17/h11-12,18H,7-10H2,1-6H3. The van der Waals surface area contributed by atoms with Crippen LogP contribution < -0.4 is 5.32 Å². The molecule has 0 amide bonds. The van der Waals surface area contributed by atoms with Crippen LogP contribution in [0.25, 0.3) is 0 Å². The van der Waals surface area contributed by atoms with Gasteiger partial charge >= 0.3 is 0 Å². The number of nitrogens with zero attached hydrogens (tertiary/aromatic N) is 2. The summed E-state index contributed by atoms with van der Waals surface area (Å²) in [5.41, 5.74) is 3.92. The Kier molecular flexibility index (Phi) is 4.48. The summed E-state index contributed by atoms with van der Waals surface area (Å²) in [5.74, 6) is 2.21. The van der Waals surface area contributed by atoms with Crippen LogP contribution in [0, 0.1) is 19.8 Å². The molecule has 2 rings (SSSR count). The van der Waals surface area contributed by atoms with Crippen molar-refractivity contribution in [3.05, 3.63) is 22.8 Å². The summed E-state index contributed by atoms with van der Waals surface area (Å²) in [6, 6.07) is 0. The van der Waals surface area contributed by atoms with Crippen molar-refractivity contribution in [2.45, 2.75) is 65.7 Å². The molecule has 1 aliphatic rings. The molecular weight excluding hydrogens is 246 g/mol. The van der Waals surface area contributed by atoms with Gasteiger partial charge in [-0.25, -0.2) is 9.97 Å². The molecule has 0 aromatic carbocycles. The molecule has 1 aliphatic carbocycles. The minimum atomic E-state index is 0.257. The zero-order valence-electron chi connectivity index (χ0n) is 13.9. The molecule has 1 fully saturated rings. The van der Waals surface area contributed by atoms with Crippen LogP contribution >= 0.6 is 0 Å². The first kappa shape index (κ1) is 15.4. The molecule has 0 saturated heterocycles. The fraction of sp³-hybridized carbons (Fsp3) is 0.765. The fourth-order valence-corrected chi connectivity index (χ4v) is 2.81. The molecule has 3 nitrogen and oxygen atoms in total. The molecule has 0 bridgehead atoms. The molecule has 1 N–H and O–H groups in total. The van der Waals surface area contributed by atoms with Crippen LogP contribution in [-0.2, 0) is 5.41 Å². The average Bonchev–Trinajstić information content (AvgIpc) is 3.07. The Hall–Kier alpha value is -0.960. The van der Waals surface area contributed by atoms with E-state index in [1.165, 1.54) is 29.8 Å². The number of rotatable bonds is 6. The van der Waals surface area contributed by atoms with Crippen molar-refractivity contribution < 1.29 is 0 Å². The zero-order valence-corrected chi connectivity index (χ0v) is 13.9. The van der Waals surface area contributed by atoms with Gasteiger partial charge in [0.2, 0.25) is 0 Å². The number of aryl methyl sites for hydroxylation is 2. The highest BCUT2D eigenvalue weighted by atomic mass is 14.9. The van der Waals surface area contributed by atoms with Crippen molar-refractivity contribution in [3.63, 3.8) is 0 Å². The average molecular weight is 275 g/mol. The van der Waals surface area contributed by atoms with Gasteiger partial charge in [0.1, 0.15) is 5.82 Å². The molecule has 1 unspecified atom stereocenters. The van der Waals surface area contributed by atoms with Gasteiger partial charge < -0.3 is 5.32 Å². The van der Waals surface area contributed by atoms with Gasteiger partial charge in [0.05, 0.1) is 0 Å². The number of aromatic nitrogens is 2. The SMILES string of the molecule is Cc1nc(C2(C)CC2)nc(C)c1C(C)CNCC(C)C. The summed E-state index contributed by atoms with van der Waals surface area (Å²) in [6.07, 6.45) is 2.47. The van der Waals surface area contributed by atoms with E-state index in [0.29, 0.717) is 11.8 Å². The van der Waals surface area contributed by atoms with Crippen molar-refractivity contribution in [1.29, 1.82) is 0 Å². The van der Waals surface area contributed by atoms with E-state index in [1.807, 2.05) is 0 Å². The van der Waals surface area contributed by atoms with Gasteiger partial charge in [0.15, 0.2) is 0 Å². The van der Waals surface area contributed by atoms with E-state index in [2.05, 4.69) is 46.9 Å². The lowest BCUT2D eigenvalue weighted by Crippen LogP contribution is -2.25. The highest BCUT2D eigenvalue weighted by Crippen LogP contribution is 2.46. The van der Waals surface area contributed by atoms with Crippen LogP contribution in [0.2, 0.25) is 0 Å². The van der Waals surface area contributed by atoms with Crippen LogP contribution in [-0.4, -0.2) is 23.1 Å². The minimum Gasteiger partial charge on any atom is -0.316 e. The smallest absolute Gasteiger partial charge is 0.134 e. The molecule has 112 valence electrons. The molecular formula is C17H29N3. The maximum absolute atomic E-state index is 4.79. The van der Waals surface area contributed by atoms with E-state index in [0.717, 1.165) is 18.9 Å². The van der Waals surface area contributed by atoms with Crippen LogP contribution in [0.15, 0.2) is 0 Å². The molecule has 0 aliphatic heterocycles. The van der Waals surface area contributed by atoms with E-state index in [9.17, 15) is 0 Å². The molecule has 20 heavy (non-hydrogen) atoms. The number of nitrogens with one attached hydrogen (secondary N) is 1. The molecule has 1 heterocycles. The van der Waals surface area contributed by atoms with Crippen LogP contribution in [0.3, 0.4) is 0 Å². The Balaban J connectivity index is 2.11. The van der Waals surface area contributed by atoms with Gasteiger partial charge in [0.25, 0.3) is 0 Å². The van der Waals surface area contributed by atoms with E-state index in [-0.39, 0.29) is 5.41 Å². The summed E-state index contributed by atoms with van der Waals surface area (Å²) >= 11 is 0. The van der Waals surface area contributed by atoms with E-state index < -0.39 is 0 Å². The lowest BCUT2D eigenvalue weighted by atomic mass is 9.97. The summed E-state index contributed by atoms with van der Waals surface area (Å²) in [7, 11) is 0. The lowest BCUT2D eigenvalue weighted by molar-refractivity contribution is 0.525. The monoisotopic (exact) mass is 275 g/mol. The van der Waals surface area contributed by atoms with Crippen LogP contribution in [0.4, 0.5) is 0 Å². The fourth-order valence-electron chi connectivity index (χ4n) is 2.81. The first-order valence-corrected chi connectivity index (χ1v) is 7.90. The van der Waals surface area contributed by atoms with Crippen molar-refractivity contribution in [2.24, 2.45) is 5.92 Å². The molecule has 0 spiro atoms. The number of hydrogen-bond donors (Lipinski definition) is 1. The maximum atomic E-state index is 4.79. The second-order valence-electron chi connectivity index (χ2n) is 7.15. The van der Waals surface area contributed by atoms with Crippen molar-refractivity contribution >= 4 is 0 Å². The molecule has 0 radical (unpaired) electrons. The summed E-state index contributed by atoms with van der Waals surface area (Å²) in [6.45, 7) is 15.4. The topological polar surface area (TPSA) is 37.8 Å². The van der Waals surface area contributed by atoms with E-state index in [1.54, 1.807) is 0 Å². The Morgan fingerprint density at radius 2 is 1.60 bits per heavy atom. The molecule has 1 aromatic heterocycles. The molecule has 1 atom stereocenters. The Bertz CT molecular complexity index is 452. The summed E-state index contributed by atoms with van der Waals surface area (Å²) < 4.78 is 0. The quantitative estimate of drug-likeness (QED) is 0.863. The van der Waals surface area contributed by atoms with Crippen molar-refractivity contribution in [3.8, 4) is 0 Å². The van der Waals surface area contributed by atoms with Gasteiger partial charge in [-0.05, 0) is 50.6 Å². The third kappa shape index (κ3) is 3.38. The second kappa shape index (κ2) is 5.80. The van der Waals surface area contributed by atoms with Crippen molar-refractivity contribution in [2.75, 3.05) is 13.1 Å². The predicted molar refractivity (Wildman–Crippen MR) is 84.2 cm³/mol. The third-order valence-corrected chi connectivity index (χ3v) is 4.36. The first-order chi connectivity index (χ1) is 9.33. The highest BCUT2D eigenvalue weighted by molar-refractivity contribution is 5.31. The molecule has 1 saturated carbocycles. The van der Waals surface area contributed by atoms with Crippen LogP contribution in [0.1, 0.15) is 69.2 Å². The minimum absolute atomic E-state index is 0.257. The van der Waals surface area contributed by atoms with Gasteiger partial charge in [0, 0.05) is 23.3 Å². The molecule has 1 aromatic rings. The lowest BCUT2D eigenvalue weighted by Gasteiger charge is -2.20. The maximum Gasteiger partial charge on any atom is 0.134 e. The second-order valence-corrected chi connectivity index (χ2v) is 7.15. The largest absolute Gasteiger partial charge is 0.316 e. The van der Waals surface area contributed by atoms with Gasteiger partial charge in [-0.15, -0.1) is 0 Å². The predicted octanol–water partition coefficient (Wildman–Crippen LogP) is 3.49. The van der Waals surface area contributed by atoms with Crippen LogP contribution in [0.5, 0.6) is 0 Å². The van der Waals surface area contributed by atoms with Gasteiger partial charge in [-0.2, -0.15) is 0 Å². The Labute approximate surface area is 123 Å². The van der Waals surface area contributed by atoms with Gasteiger partial charge in [-0.1, -0.05) is 27.7 Å². The zero-order chi connectivity index (χ0) is 14.9. The normalized spacial score (nSPS) is 18.4. The summed E-state index contributed by atoms with van der Waals surface area (Å²) in [5, 5.41) is 3.54. The number of hydrogen-bond acceptors (Lipinski definition) is 3. The Morgan fingerprint density at radius 3 is 2.05 bits per heavy atom. The van der Waals surface area contributed by atoms with Crippen molar-refractivity contribution in [1.82, 2.24) is 15.3 Å². The van der Waals surface area contributed by atoms with E-state index >= 15 is 0 Å². The summed E-state index contributed by atoms with van der Waals surface area (Å²) in [4.78, 5) is 9.59. The highest BCUT2D eigenvalue weighted by Gasteiger charge is 2.42. The third-order valence-electron chi connectivity index (χ3n) is 4.36.